The summed E-state index contributed by atoms with van der Waals surface area (Å²) in [5.74, 6) is -0.0966. The Labute approximate surface area is 121 Å². The molecule has 1 saturated carbocycles. The lowest BCUT2D eigenvalue weighted by atomic mass is 10.1. The highest BCUT2D eigenvalue weighted by Gasteiger charge is 2.27. The Morgan fingerprint density at radius 1 is 1.40 bits per heavy atom. The summed E-state index contributed by atoms with van der Waals surface area (Å²) in [4.78, 5) is 14.4. The first-order valence-corrected chi connectivity index (χ1v) is 7.45. The van der Waals surface area contributed by atoms with Crippen molar-refractivity contribution < 1.29 is 4.79 Å². The number of nitrogens with zero attached hydrogens (tertiary/aromatic N) is 1. The number of benzene rings is 1. The predicted octanol–water partition coefficient (Wildman–Crippen LogP) is 1.60. The molecule has 0 aliphatic heterocycles. The van der Waals surface area contributed by atoms with E-state index in [-0.39, 0.29) is 5.91 Å². The van der Waals surface area contributed by atoms with E-state index in [1.165, 1.54) is 18.4 Å². The van der Waals surface area contributed by atoms with Crippen LogP contribution in [0.3, 0.4) is 0 Å². The number of hydrogen-bond acceptors (Lipinski definition) is 3. The highest BCUT2D eigenvalue weighted by molar-refractivity contribution is 5.82. The number of hydrogen-bond donors (Lipinski definition) is 2. The molecule has 1 aliphatic rings. The van der Waals surface area contributed by atoms with Crippen molar-refractivity contribution in [3.8, 4) is 0 Å². The molecule has 2 rings (SSSR count). The molecule has 1 amide bonds. The van der Waals surface area contributed by atoms with Crippen molar-refractivity contribution in [2.24, 2.45) is 5.73 Å². The zero-order valence-electron chi connectivity index (χ0n) is 12.4. The van der Waals surface area contributed by atoms with Gasteiger partial charge in [0.2, 0.25) is 5.91 Å². The standard InChI is InChI=1S/C16H25N3O/c1-3-19(14-8-9-14)11-10-18-16(20)15(17)13-6-4-12(2)5-7-13/h4-7,14-15H,3,8-11,17H2,1-2H3,(H,18,20). The van der Waals surface area contributed by atoms with E-state index in [1.807, 2.05) is 31.2 Å². The number of likely N-dealkylation sites (N-methyl/N-ethyl adjacent to an activating group) is 1. The largest absolute Gasteiger partial charge is 0.353 e. The molecule has 0 spiro atoms. The van der Waals surface area contributed by atoms with E-state index in [1.54, 1.807) is 0 Å². The van der Waals surface area contributed by atoms with Crippen molar-refractivity contribution in [1.29, 1.82) is 0 Å². The Balaban J connectivity index is 1.77. The van der Waals surface area contributed by atoms with Crippen LogP contribution in [0.15, 0.2) is 24.3 Å². The molecule has 1 aliphatic carbocycles. The average molecular weight is 275 g/mol. The number of rotatable bonds is 7. The second kappa shape index (κ2) is 6.86. The fraction of sp³-hybridized carbons (Fsp3) is 0.562. The zero-order chi connectivity index (χ0) is 14.5. The molecule has 1 atom stereocenters. The van der Waals surface area contributed by atoms with Gasteiger partial charge >= 0.3 is 0 Å². The lowest BCUT2D eigenvalue weighted by molar-refractivity contribution is -0.122. The van der Waals surface area contributed by atoms with Gasteiger partial charge in [-0.3, -0.25) is 9.69 Å². The molecule has 4 nitrogen and oxygen atoms in total. The smallest absolute Gasteiger partial charge is 0.241 e. The first-order chi connectivity index (χ1) is 9.61. The van der Waals surface area contributed by atoms with Gasteiger partial charge in [0.05, 0.1) is 0 Å². The topological polar surface area (TPSA) is 58.4 Å². The zero-order valence-corrected chi connectivity index (χ0v) is 12.4. The van der Waals surface area contributed by atoms with Crippen molar-refractivity contribution >= 4 is 5.91 Å². The second-order valence-corrected chi connectivity index (χ2v) is 5.54. The van der Waals surface area contributed by atoms with E-state index in [4.69, 9.17) is 5.73 Å². The van der Waals surface area contributed by atoms with Gasteiger partial charge in [0.25, 0.3) is 0 Å². The van der Waals surface area contributed by atoms with Gasteiger partial charge < -0.3 is 11.1 Å². The van der Waals surface area contributed by atoms with Crippen LogP contribution in [0.2, 0.25) is 0 Å². The van der Waals surface area contributed by atoms with Crippen LogP contribution >= 0.6 is 0 Å². The van der Waals surface area contributed by atoms with Gasteiger partial charge in [-0.15, -0.1) is 0 Å². The summed E-state index contributed by atoms with van der Waals surface area (Å²) in [5, 5.41) is 2.94. The normalized spacial score (nSPS) is 16.2. The summed E-state index contributed by atoms with van der Waals surface area (Å²) in [6.45, 7) is 6.81. The number of carbonyl (C=O) groups is 1. The van der Waals surface area contributed by atoms with Crippen LogP contribution < -0.4 is 11.1 Å². The predicted molar refractivity (Wildman–Crippen MR) is 81.4 cm³/mol. The molecule has 3 N–H and O–H groups in total. The Bertz CT molecular complexity index is 440. The van der Waals surface area contributed by atoms with Crippen molar-refractivity contribution in [2.75, 3.05) is 19.6 Å². The second-order valence-electron chi connectivity index (χ2n) is 5.54. The van der Waals surface area contributed by atoms with Gasteiger partial charge in [-0.25, -0.2) is 0 Å². The van der Waals surface area contributed by atoms with E-state index >= 15 is 0 Å². The van der Waals surface area contributed by atoms with Gasteiger partial charge in [0, 0.05) is 19.1 Å². The van der Waals surface area contributed by atoms with E-state index in [0.29, 0.717) is 6.54 Å². The molecule has 0 saturated heterocycles. The lowest BCUT2D eigenvalue weighted by Crippen LogP contribution is -2.40. The highest BCUT2D eigenvalue weighted by Crippen LogP contribution is 2.25. The summed E-state index contributed by atoms with van der Waals surface area (Å²) in [5.41, 5.74) is 8.02. The van der Waals surface area contributed by atoms with Crippen LogP contribution in [-0.4, -0.2) is 36.5 Å². The van der Waals surface area contributed by atoms with E-state index in [9.17, 15) is 4.79 Å². The van der Waals surface area contributed by atoms with E-state index in [2.05, 4.69) is 17.1 Å². The third-order valence-corrected chi connectivity index (χ3v) is 3.89. The molecule has 110 valence electrons. The molecule has 20 heavy (non-hydrogen) atoms. The van der Waals surface area contributed by atoms with Crippen LogP contribution in [0, 0.1) is 6.92 Å². The number of nitrogens with two attached hydrogens (primary N) is 1. The van der Waals surface area contributed by atoms with Gasteiger partial charge in [-0.05, 0) is 31.9 Å². The fourth-order valence-electron chi connectivity index (χ4n) is 2.40. The molecular formula is C16H25N3O. The molecule has 0 bridgehead atoms. The summed E-state index contributed by atoms with van der Waals surface area (Å²) in [6, 6.07) is 7.96. The Morgan fingerprint density at radius 2 is 2.05 bits per heavy atom. The average Bonchev–Trinajstić information content (AvgIpc) is 3.28. The summed E-state index contributed by atoms with van der Waals surface area (Å²) in [6.07, 6.45) is 2.59. The highest BCUT2D eigenvalue weighted by atomic mass is 16.2. The van der Waals surface area contributed by atoms with Crippen molar-refractivity contribution in [2.45, 2.75) is 38.8 Å². The molecule has 1 fully saturated rings. The summed E-state index contributed by atoms with van der Waals surface area (Å²) >= 11 is 0. The van der Waals surface area contributed by atoms with Crippen LogP contribution in [-0.2, 0) is 4.79 Å². The Hall–Kier alpha value is -1.39. The van der Waals surface area contributed by atoms with Gasteiger partial charge in [-0.2, -0.15) is 0 Å². The molecule has 1 unspecified atom stereocenters. The minimum absolute atomic E-state index is 0.0966. The lowest BCUT2D eigenvalue weighted by Gasteiger charge is -2.20. The van der Waals surface area contributed by atoms with Crippen LogP contribution in [0.4, 0.5) is 0 Å². The Kier molecular flexibility index (Phi) is 5.15. The molecular weight excluding hydrogens is 250 g/mol. The SMILES string of the molecule is CCN(CCNC(=O)C(N)c1ccc(C)cc1)C1CC1. The molecule has 1 aromatic rings. The third kappa shape index (κ3) is 4.05. The molecule has 0 aromatic heterocycles. The maximum atomic E-state index is 12.0. The van der Waals surface area contributed by atoms with Gasteiger partial charge in [0.15, 0.2) is 0 Å². The first-order valence-electron chi connectivity index (χ1n) is 7.45. The third-order valence-electron chi connectivity index (χ3n) is 3.89. The fourth-order valence-corrected chi connectivity index (χ4v) is 2.40. The Morgan fingerprint density at radius 3 is 2.60 bits per heavy atom. The number of aryl methyl sites for hydroxylation is 1. The summed E-state index contributed by atoms with van der Waals surface area (Å²) < 4.78 is 0. The van der Waals surface area contributed by atoms with Crippen molar-refractivity contribution in [1.82, 2.24) is 10.2 Å². The minimum Gasteiger partial charge on any atom is -0.353 e. The maximum absolute atomic E-state index is 12.0. The molecule has 0 radical (unpaired) electrons. The monoisotopic (exact) mass is 275 g/mol. The first kappa shape index (κ1) is 15.0. The number of nitrogens with one attached hydrogen (secondary N) is 1. The summed E-state index contributed by atoms with van der Waals surface area (Å²) in [7, 11) is 0. The number of amides is 1. The quantitative estimate of drug-likeness (QED) is 0.794. The van der Waals surface area contributed by atoms with Crippen molar-refractivity contribution in [3.63, 3.8) is 0 Å². The number of carbonyl (C=O) groups excluding carboxylic acids is 1. The molecule has 4 heteroatoms. The van der Waals surface area contributed by atoms with Gasteiger partial charge in [-0.1, -0.05) is 36.8 Å². The maximum Gasteiger partial charge on any atom is 0.241 e. The van der Waals surface area contributed by atoms with E-state index < -0.39 is 6.04 Å². The van der Waals surface area contributed by atoms with Gasteiger partial charge in [0.1, 0.15) is 6.04 Å². The van der Waals surface area contributed by atoms with Crippen molar-refractivity contribution in [3.05, 3.63) is 35.4 Å². The van der Waals surface area contributed by atoms with Crippen LogP contribution in [0.5, 0.6) is 0 Å². The van der Waals surface area contributed by atoms with E-state index in [0.717, 1.165) is 24.7 Å². The minimum atomic E-state index is -0.577. The molecule has 0 heterocycles. The molecule has 1 aromatic carbocycles. The van der Waals surface area contributed by atoms with Crippen LogP contribution in [0.25, 0.3) is 0 Å². The van der Waals surface area contributed by atoms with Crippen LogP contribution in [0.1, 0.15) is 36.9 Å².